The summed E-state index contributed by atoms with van der Waals surface area (Å²) in [6.45, 7) is 1.95. The van der Waals surface area contributed by atoms with Crippen molar-refractivity contribution in [2.45, 2.75) is 13.3 Å². The first-order chi connectivity index (χ1) is 12.3. The quantitative estimate of drug-likeness (QED) is 0.768. The summed E-state index contributed by atoms with van der Waals surface area (Å²) in [6, 6.07) is 12.3. The molecule has 2 aromatic carbocycles. The van der Waals surface area contributed by atoms with Gasteiger partial charge in [-0.2, -0.15) is 0 Å². The first kappa shape index (κ1) is 17.5. The van der Waals surface area contributed by atoms with E-state index in [-0.39, 0.29) is 17.3 Å². The van der Waals surface area contributed by atoms with Crippen LogP contribution in [-0.2, 0) is 0 Å². The highest BCUT2D eigenvalue weighted by Gasteiger charge is 2.31. The average molecular weight is 362 g/mol. The normalized spacial score (nSPS) is 11.2. The Morgan fingerprint density at radius 3 is 2.35 bits per heavy atom. The molecule has 6 nitrogen and oxygen atoms in total. The SMILES string of the molecule is Cc1ccc(-n2cnc(C(=O)Nc3ccc(OC(F)(F)F)cc3)n2)cc1. The van der Waals surface area contributed by atoms with Crippen LogP contribution >= 0.6 is 0 Å². The molecule has 0 aliphatic rings. The molecule has 1 aromatic heterocycles. The fraction of sp³-hybridized carbons (Fsp3) is 0.118. The number of aromatic nitrogens is 3. The van der Waals surface area contributed by atoms with Crippen molar-refractivity contribution < 1.29 is 22.7 Å². The van der Waals surface area contributed by atoms with Gasteiger partial charge in [0.15, 0.2) is 0 Å². The van der Waals surface area contributed by atoms with Crippen molar-refractivity contribution in [2.75, 3.05) is 5.32 Å². The summed E-state index contributed by atoms with van der Waals surface area (Å²) in [4.78, 5) is 16.1. The summed E-state index contributed by atoms with van der Waals surface area (Å²) in [5, 5.41) is 6.60. The standard InChI is InChI=1S/C17H13F3N4O2/c1-11-2-6-13(7-3-11)24-10-21-15(23-24)16(25)22-12-4-8-14(9-5-12)26-17(18,19)20/h2-10H,1H3,(H,22,25). The zero-order valence-corrected chi connectivity index (χ0v) is 13.5. The molecule has 3 rings (SSSR count). The number of benzene rings is 2. The van der Waals surface area contributed by atoms with Gasteiger partial charge in [0.2, 0.25) is 5.82 Å². The Labute approximate surface area is 146 Å². The van der Waals surface area contributed by atoms with Gasteiger partial charge in [-0.3, -0.25) is 4.79 Å². The van der Waals surface area contributed by atoms with E-state index < -0.39 is 12.3 Å². The van der Waals surface area contributed by atoms with Gasteiger partial charge in [-0.25, -0.2) is 9.67 Å². The summed E-state index contributed by atoms with van der Waals surface area (Å²) in [5.74, 6) is -1.03. The predicted molar refractivity (Wildman–Crippen MR) is 87.2 cm³/mol. The lowest BCUT2D eigenvalue weighted by Gasteiger charge is -2.09. The van der Waals surface area contributed by atoms with Crippen molar-refractivity contribution in [3.05, 3.63) is 66.2 Å². The highest BCUT2D eigenvalue weighted by atomic mass is 19.4. The van der Waals surface area contributed by atoms with Crippen LogP contribution in [0, 0.1) is 6.92 Å². The number of ether oxygens (including phenoxy) is 1. The maximum Gasteiger partial charge on any atom is 0.573 e. The highest BCUT2D eigenvalue weighted by Crippen LogP contribution is 2.24. The lowest BCUT2D eigenvalue weighted by Crippen LogP contribution is -2.17. The number of anilines is 1. The third-order valence-corrected chi connectivity index (χ3v) is 3.34. The molecule has 0 saturated heterocycles. The van der Waals surface area contributed by atoms with E-state index in [1.54, 1.807) is 0 Å². The van der Waals surface area contributed by atoms with Crippen molar-refractivity contribution in [3.63, 3.8) is 0 Å². The molecular weight excluding hydrogens is 349 g/mol. The van der Waals surface area contributed by atoms with E-state index in [1.807, 2.05) is 31.2 Å². The zero-order chi connectivity index (χ0) is 18.7. The van der Waals surface area contributed by atoms with Crippen LogP contribution in [0.2, 0.25) is 0 Å². The molecule has 0 aliphatic carbocycles. The minimum Gasteiger partial charge on any atom is -0.406 e. The van der Waals surface area contributed by atoms with Crippen LogP contribution in [0.15, 0.2) is 54.9 Å². The number of nitrogens with zero attached hydrogens (tertiary/aromatic N) is 3. The summed E-state index contributed by atoms with van der Waals surface area (Å²) >= 11 is 0. The van der Waals surface area contributed by atoms with E-state index in [1.165, 1.54) is 23.1 Å². The number of aryl methyl sites for hydroxylation is 1. The molecule has 0 spiro atoms. The van der Waals surface area contributed by atoms with Crippen molar-refractivity contribution in [2.24, 2.45) is 0 Å². The first-order valence-electron chi connectivity index (χ1n) is 7.46. The lowest BCUT2D eigenvalue weighted by atomic mass is 10.2. The molecule has 26 heavy (non-hydrogen) atoms. The number of alkyl halides is 3. The van der Waals surface area contributed by atoms with Crippen LogP contribution < -0.4 is 10.1 Å². The Hall–Kier alpha value is -3.36. The van der Waals surface area contributed by atoms with E-state index in [2.05, 4.69) is 20.1 Å². The average Bonchev–Trinajstić information content (AvgIpc) is 3.06. The van der Waals surface area contributed by atoms with E-state index in [9.17, 15) is 18.0 Å². The van der Waals surface area contributed by atoms with E-state index in [0.717, 1.165) is 23.4 Å². The third-order valence-electron chi connectivity index (χ3n) is 3.34. The Morgan fingerprint density at radius 2 is 1.73 bits per heavy atom. The number of carbonyl (C=O) groups excluding carboxylic acids is 1. The Balaban J connectivity index is 1.68. The minimum absolute atomic E-state index is 0.0683. The van der Waals surface area contributed by atoms with Crippen molar-refractivity contribution >= 4 is 11.6 Å². The number of amides is 1. The van der Waals surface area contributed by atoms with Gasteiger partial charge in [0.25, 0.3) is 5.91 Å². The molecule has 134 valence electrons. The molecular formula is C17H13F3N4O2. The fourth-order valence-electron chi connectivity index (χ4n) is 2.12. The zero-order valence-electron chi connectivity index (χ0n) is 13.5. The molecule has 1 amide bonds. The molecule has 9 heteroatoms. The second-order valence-electron chi connectivity index (χ2n) is 5.37. The topological polar surface area (TPSA) is 69.0 Å². The molecule has 0 aliphatic heterocycles. The summed E-state index contributed by atoms with van der Waals surface area (Å²) in [7, 11) is 0. The Bertz CT molecular complexity index is 903. The van der Waals surface area contributed by atoms with Gasteiger partial charge in [-0.1, -0.05) is 17.7 Å². The first-order valence-corrected chi connectivity index (χ1v) is 7.46. The molecule has 0 radical (unpaired) electrons. The van der Waals surface area contributed by atoms with Crippen LogP contribution in [0.25, 0.3) is 5.69 Å². The van der Waals surface area contributed by atoms with Crippen molar-refractivity contribution in [1.29, 1.82) is 0 Å². The summed E-state index contributed by atoms with van der Waals surface area (Å²) < 4.78 is 41.6. The summed E-state index contributed by atoms with van der Waals surface area (Å²) in [5.41, 5.74) is 2.12. The molecule has 0 saturated carbocycles. The number of hydrogen-bond acceptors (Lipinski definition) is 4. The number of nitrogens with one attached hydrogen (secondary N) is 1. The van der Waals surface area contributed by atoms with E-state index in [0.29, 0.717) is 0 Å². The van der Waals surface area contributed by atoms with Crippen LogP contribution in [0.3, 0.4) is 0 Å². The minimum atomic E-state index is -4.77. The van der Waals surface area contributed by atoms with Crippen molar-refractivity contribution in [1.82, 2.24) is 14.8 Å². The van der Waals surface area contributed by atoms with Gasteiger partial charge in [0.05, 0.1) is 5.69 Å². The van der Waals surface area contributed by atoms with Gasteiger partial charge in [-0.05, 0) is 43.3 Å². The number of rotatable bonds is 4. The van der Waals surface area contributed by atoms with Gasteiger partial charge < -0.3 is 10.1 Å². The second-order valence-corrected chi connectivity index (χ2v) is 5.37. The maximum absolute atomic E-state index is 12.2. The molecule has 1 N–H and O–H groups in total. The molecule has 0 bridgehead atoms. The highest BCUT2D eigenvalue weighted by molar-refractivity contribution is 6.01. The summed E-state index contributed by atoms with van der Waals surface area (Å²) in [6.07, 6.45) is -3.36. The van der Waals surface area contributed by atoms with E-state index >= 15 is 0 Å². The Kier molecular flexibility index (Phi) is 4.61. The fourth-order valence-corrected chi connectivity index (χ4v) is 2.12. The molecule has 3 aromatic rings. The predicted octanol–water partition coefficient (Wildman–Crippen LogP) is 3.73. The monoisotopic (exact) mass is 362 g/mol. The van der Waals surface area contributed by atoms with Gasteiger partial charge in [0, 0.05) is 5.69 Å². The van der Waals surface area contributed by atoms with Gasteiger partial charge in [-0.15, -0.1) is 18.3 Å². The molecule has 0 atom stereocenters. The number of hydrogen-bond donors (Lipinski definition) is 1. The smallest absolute Gasteiger partial charge is 0.406 e. The van der Waals surface area contributed by atoms with Crippen LogP contribution in [-0.4, -0.2) is 27.0 Å². The molecule has 1 heterocycles. The van der Waals surface area contributed by atoms with Crippen LogP contribution in [0.4, 0.5) is 18.9 Å². The molecule has 0 fully saturated rings. The number of carbonyl (C=O) groups is 1. The van der Waals surface area contributed by atoms with Crippen LogP contribution in [0.1, 0.15) is 16.2 Å². The van der Waals surface area contributed by atoms with Gasteiger partial charge in [0.1, 0.15) is 12.1 Å². The third kappa shape index (κ3) is 4.38. The largest absolute Gasteiger partial charge is 0.573 e. The van der Waals surface area contributed by atoms with Gasteiger partial charge >= 0.3 is 6.36 Å². The van der Waals surface area contributed by atoms with E-state index in [4.69, 9.17) is 0 Å². The second kappa shape index (κ2) is 6.87. The van der Waals surface area contributed by atoms with Crippen LogP contribution in [0.5, 0.6) is 5.75 Å². The number of halogens is 3. The van der Waals surface area contributed by atoms with Crippen molar-refractivity contribution in [3.8, 4) is 11.4 Å². The lowest BCUT2D eigenvalue weighted by molar-refractivity contribution is -0.274. The molecule has 0 unspecified atom stereocenters. The maximum atomic E-state index is 12.2. The Morgan fingerprint density at radius 1 is 1.08 bits per heavy atom.